The zero-order valence-corrected chi connectivity index (χ0v) is 13.4. The summed E-state index contributed by atoms with van der Waals surface area (Å²) in [6, 6.07) is 11.3. The summed E-state index contributed by atoms with van der Waals surface area (Å²) in [5, 5.41) is 22.9. The molecule has 0 fully saturated rings. The van der Waals surface area contributed by atoms with Crippen molar-refractivity contribution in [3.8, 4) is 17.2 Å². The number of phenols is 2. The molecular formula is C18H16N4O3. The zero-order chi connectivity index (χ0) is 17.8. The standard InChI is InChI=1S/C18H16N4O3/c1-12(13-2-4-15(5-3-13)22-7-6-19-11-22)20-21-18(25)14-8-16(23)10-17(24)9-14/h2-11,23-24H,1H3,(H,21,25). The van der Waals surface area contributed by atoms with E-state index in [9.17, 15) is 15.0 Å². The molecule has 2 aromatic carbocycles. The quantitative estimate of drug-likeness (QED) is 0.503. The Labute approximate surface area is 143 Å². The number of nitrogens with zero attached hydrogens (tertiary/aromatic N) is 3. The smallest absolute Gasteiger partial charge is 0.271 e. The van der Waals surface area contributed by atoms with E-state index in [2.05, 4.69) is 15.5 Å². The molecule has 0 atom stereocenters. The Hall–Kier alpha value is -3.61. The molecule has 0 bridgehead atoms. The van der Waals surface area contributed by atoms with E-state index in [0.29, 0.717) is 5.71 Å². The van der Waals surface area contributed by atoms with Crippen molar-refractivity contribution in [1.82, 2.24) is 15.0 Å². The average Bonchev–Trinajstić information content (AvgIpc) is 3.13. The molecule has 1 amide bonds. The highest BCUT2D eigenvalue weighted by molar-refractivity contribution is 6.01. The van der Waals surface area contributed by atoms with Gasteiger partial charge in [-0.1, -0.05) is 12.1 Å². The highest BCUT2D eigenvalue weighted by atomic mass is 16.3. The van der Waals surface area contributed by atoms with E-state index in [-0.39, 0.29) is 17.1 Å². The summed E-state index contributed by atoms with van der Waals surface area (Å²) in [5.41, 5.74) is 4.96. The van der Waals surface area contributed by atoms with Gasteiger partial charge in [0.1, 0.15) is 11.5 Å². The summed E-state index contributed by atoms with van der Waals surface area (Å²) in [6.45, 7) is 1.77. The molecule has 1 aromatic heterocycles. The molecule has 0 saturated heterocycles. The molecule has 25 heavy (non-hydrogen) atoms. The first-order valence-corrected chi connectivity index (χ1v) is 7.49. The molecule has 126 valence electrons. The van der Waals surface area contributed by atoms with Gasteiger partial charge in [-0.2, -0.15) is 5.10 Å². The summed E-state index contributed by atoms with van der Waals surface area (Å²) < 4.78 is 1.88. The second kappa shape index (κ2) is 6.88. The molecule has 0 radical (unpaired) electrons. The maximum atomic E-state index is 12.0. The van der Waals surface area contributed by atoms with Gasteiger partial charge in [0, 0.05) is 29.7 Å². The van der Waals surface area contributed by atoms with Gasteiger partial charge in [-0.25, -0.2) is 10.4 Å². The number of carbonyl (C=O) groups is 1. The van der Waals surface area contributed by atoms with Gasteiger partial charge in [-0.3, -0.25) is 4.79 Å². The molecule has 7 heteroatoms. The van der Waals surface area contributed by atoms with Crippen LogP contribution >= 0.6 is 0 Å². The molecule has 3 rings (SSSR count). The van der Waals surface area contributed by atoms with Gasteiger partial charge < -0.3 is 14.8 Å². The lowest BCUT2D eigenvalue weighted by Gasteiger charge is -2.06. The molecule has 0 aliphatic rings. The predicted molar refractivity (Wildman–Crippen MR) is 93.0 cm³/mol. The number of rotatable bonds is 4. The van der Waals surface area contributed by atoms with Gasteiger partial charge in [0.15, 0.2) is 0 Å². The Morgan fingerprint density at radius 1 is 1.08 bits per heavy atom. The molecular weight excluding hydrogens is 320 g/mol. The third-order valence-corrected chi connectivity index (χ3v) is 3.58. The lowest BCUT2D eigenvalue weighted by Crippen LogP contribution is -2.19. The van der Waals surface area contributed by atoms with Crippen LogP contribution in [0.1, 0.15) is 22.8 Å². The SMILES string of the molecule is CC(=NNC(=O)c1cc(O)cc(O)c1)c1ccc(-n2ccnc2)cc1. The number of benzene rings is 2. The second-order valence-electron chi connectivity index (χ2n) is 5.39. The van der Waals surface area contributed by atoms with E-state index in [4.69, 9.17) is 0 Å². The van der Waals surface area contributed by atoms with Crippen molar-refractivity contribution in [2.75, 3.05) is 0 Å². The Morgan fingerprint density at radius 2 is 1.76 bits per heavy atom. The van der Waals surface area contributed by atoms with Gasteiger partial charge in [-0.15, -0.1) is 0 Å². The first kappa shape index (κ1) is 16.3. The van der Waals surface area contributed by atoms with Gasteiger partial charge in [0.2, 0.25) is 0 Å². The van der Waals surface area contributed by atoms with Crippen molar-refractivity contribution in [2.24, 2.45) is 5.10 Å². The van der Waals surface area contributed by atoms with Gasteiger partial charge in [0.05, 0.1) is 12.0 Å². The average molecular weight is 336 g/mol. The fourth-order valence-corrected chi connectivity index (χ4v) is 2.28. The minimum absolute atomic E-state index is 0.115. The Balaban J connectivity index is 1.72. The van der Waals surface area contributed by atoms with Crippen molar-refractivity contribution in [1.29, 1.82) is 0 Å². The number of carbonyl (C=O) groups excluding carboxylic acids is 1. The van der Waals surface area contributed by atoms with Crippen molar-refractivity contribution in [3.63, 3.8) is 0 Å². The third kappa shape index (κ3) is 3.84. The maximum absolute atomic E-state index is 12.0. The van der Waals surface area contributed by atoms with Crippen molar-refractivity contribution >= 4 is 11.6 Å². The molecule has 1 heterocycles. The van der Waals surface area contributed by atoms with Crippen molar-refractivity contribution in [2.45, 2.75) is 6.92 Å². The molecule has 0 unspecified atom stereocenters. The van der Waals surface area contributed by atoms with Crippen LogP contribution in [-0.4, -0.2) is 31.4 Å². The monoisotopic (exact) mass is 336 g/mol. The van der Waals surface area contributed by atoms with E-state index < -0.39 is 5.91 Å². The van der Waals surface area contributed by atoms with Crippen LogP contribution in [0.3, 0.4) is 0 Å². The van der Waals surface area contributed by atoms with Crippen LogP contribution in [0, 0.1) is 0 Å². The minimum atomic E-state index is -0.527. The summed E-state index contributed by atoms with van der Waals surface area (Å²) in [7, 11) is 0. The van der Waals surface area contributed by atoms with Crippen LogP contribution in [0.15, 0.2) is 66.3 Å². The summed E-state index contributed by atoms with van der Waals surface area (Å²) in [4.78, 5) is 16.0. The number of hydrazone groups is 1. The lowest BCUT2D eigenvalue weighted by molar-refractivity contribution is 0.0954. The van der Waals surface area contributed by atoms with Gasteiger partial charge in [-0.05, 0) is 36.8 Å². The number of amides is 1. The number of hydrogen-bond donors (Lipinski definition) is 3. The van der Waals surface area contributed by atoms with E-state index >= 15 is 0 Å². The predicted octanol–water partition coefficient (Wildman–Crippen LogP) is 2.44. The number of aromatic nitrogens is 2. The number of phenolic OH excluding ortho intramolecular Hbond substituents is 2. The summed E-state index contributed by atoms with van der Waals surface area (Å²) in [5.74, 6) is -0.914. The van der Waals surface area contributed by atoms with Crippen LogP contribution in [-0.2, 0) is 0 Å². The van der Waals surface area contributed by atoms with E-state index in [1.807, 2.05) is 35.0 Å². The first-order valence-electron chi connectivity index (χ1n) is 7.49. The molecule has 3 N–H and O–H groups in total. The molecule has 0 spiro atoms. The summed E-state index contributed by atoms with van der Waals surface area (Å²) in [6.07, 6.45) is 5.26. The van der Waals surface area contributed by atoms with Crippen LogP contribution in [0.4, 0.5) is 0 Å². The Kier molecular flexibility index (Phi) is 4.47. The number of imidazole rings is 1. The molecule has 7 nitrogen and oxygen atoms in total. The zero-order valence-electron chi connectivity index (χ0n) is 13.4. The van der Waals surface area contributed by atoms with Crippen molar-refractivity contribution in [3.05, 3.63) is 72.3 Å². The number of hydrogen-bond acceptors (Lipinski definition) is 5. The van der Waals surface area contributed by atoms with Gasteiger partial charge in [0.25, 0.3) is 5.91 Å². The summed E-state index contributed by atoms with van der Waals surface area (Å²) >= 11 is 0. The minimum Gasteiger partial charge on any atom is -0.508 e. The highest BCUT2D eigenvalue weighted by Gasteiger charge is 2.08. The molecule has 0 aliphatic carbocycles. The first-order chi connectivity index (χ1) is 12.0. The molecule has 3 aromatic rings. The highest BCUT2D eigenvalue weighted by Crippen LogP contribution is 2.20. The Bertz CT molecular complexity index is 896. The van der Waals surface area contributed by atoms with Crippen LogP contribution in [0.2, 0.25) is 0 Å². The van der Waals surface area contributed by atoms with Crippen LogP contribution < -0.4 is 5.43 Å². The topological polar surface area (TPSA) is 99.7 Å². The largest absolute Gasteiger partial charge is 0.508 e. The molecule has 0 aliphatic heterocycles. The Morgan fingerprint density at radius 3 is 2.36 bits per heavy atom. The maximum Gasteiger partial charge on any atom is 0.271 e. The fourth-order valence-electron chi connectivity index (χ4n) is 2.28. The molecule has 0 saturated carbocycles. The van der Waals surface area contributed by atoms with Crippen LogP contribution in [0.25, 0.3) is 5.69 Å². The normalized spacial score (nSPS) is 11.3. The van der Waals surface area contributed by atoms with E-state index in [0.717, 1.165) is 17.3 Å². The number of aromatic hydroxyl groups is 2. The second-order valence-corrected chi connectivity index (χ2v) is 5.39. The lowest BCUT2D eigenvalue weighted by atomic mass is 10.1. The fraction of sp³-hybridized carbons (Fsp3) is 0.0556. The third-order valence-electron chi connectivity index (χ3n) is 3.58. The van der Waals surface area contributed by atoms with Gasteiger partial charge >= 0.3 is 0 Å². The van der Waals surface area contributed by atoms with E-state index in [1.54, 1.807) is 19.4 Å². The van der Waals surface area contributed by atoms with E-state index in [1.165, 1.54) is 12.1 Å². The number of nitrogens with one attached hydrogen (secondary N) is 1. The van der Waals surface area contributed by atoms with Crippen molar-refractivity contribution < 1.29 is 15.0 Å². The van der Waals surface area contributed by atoms with Crippen LogP contribution in [0.5, 0.6) is 11.5 Å².